The van der Waals surface area contributed by atoms with Crippen LogP contribution in [-0.4, -0.2) is 4.57 Å². The second-order valence-electron chi connectivity index (χ2n) is 2.59. The average Bonchev–Trinajstić information content (AvgIpc) is 2.46. The number of hydrogen-bond acceptors (Lipinski definition) is 0. The Hall–Kier alpha value is -1.24. The molecule has 1 aromatic rings. The topological polar surface area (TPSA) is 4.93 Å². The van der Waals surface area contributed by atoms with Crippen molar-refractivity contribution in [2.75, 3.05) is 0 Å². The molecule has 0 aliphatic heterocycles. The molecule has 0 spiro atoms. The van der Waals surface area contributed by atoms with E-state index in [1.807, 2.05) is 33.0 Å². The van der Waals surface area contributed by atoms with E-state index in [1.165, 1.54) is 5.69 Å². The van der Waals surface area contributed by atoms with Crippen LogP contribution in [0.4, 0.5) is 0 Å². The van der Waals surface area contributed by atoms with Crippen molar-refractivity contribution in [3.63, 3.8) is 0 Å². The third kappa shape index (κ3) is 2.35. The molecule has 13 heavy (non-hydrogen) atoms. The van der Waals surface area contributed by atoms with Crippen molar-refractivity contribution in [2.24, 2.45) is 7.05 Å². The van der Waals surface area contributed by atoms with Crippen LogP contribution in [0.3, 0.4) is 0 Å². The lowest BCUT2D eigenvalue weighted by Gasteiger charge is -1.99. The Morgan fingerprint density at radius 3 is 2.08 bits per heavy atom. The predicted octanol–water partition coefficient (Wildman–Crippen LogP) is 3.65. The summed E-state index contributed by atoms with van der Waals surface area (Å²) >= 11 is 0. The summed E-state index contributed by atoms with van der Waals surface area (Å²) in [7, 11) is 2.03. The van der Waals surface area contributed by atoms with Gasteiger partial charge in [-0.3, -0.25) is 0 Å². The minimum absolute atomic E-state index is 1.14. The van der Waals surface area contributed by atoms with Crippen molar-refractivity contribution in [1.29, 1.82) is 0 Å². The van der Waals surface area contributed by atoms with Gasteiger partial charge in [-0.25, -0.2) is 0 Å². The van der Waals surface area contributed by atoms with Crippen molar-refractivity contribution in [2.45, 2.75) is 20.8 Å². The molecule has 1 rings (SSSR count). The summed E-state index contributed by atoms with van der Waals surface area (Å²) < 4.78 is 2.10. The maximum atomic E-state index is 3.75. The number of rotatable bonds is 2. The van der Waals surface area contributed by atoms with Gasteiger partial charge in [0.1, 0.15) is 0 Å². The molecule has 1 heteroatoms. The van der Waals surface area contributed by atoms with E-state index in [0.717, 1.165) is 11.3 Å². The Labute approximate surface area is 81.4 Å². The zero-order valence-electron chi connectivity index (χ0n) is 9.09. The fraction of sp³-hybridized carbons (Fsp3) is 0.333. The Morgan fingerprint density at radius 1 is 1.23 bits per heavy atom. The van der Waals surface area contributed by atoms with Gasteiger partial charge in [0.2, 0.25) is 0 Å². The van der Waals surface area contributed by atoms with Gasteiger partial charge in [-0.15, -0.1) is 0 Å². The van der Waals surface area contributed by atoms with Crippen LogP contribution in [-0.2, 0) is 7.05 Å². The molecule has 0 radical (unpaired) electrons. The molecule has 72 valence electrons. The first-order valence-electron chi connectivity index (χ1n) is 4.62. The summed E-state index contributed by atoms with van der Waals surface area (Å²) in [6.07, 6.45) is 3.70. The van der Waals surface area contributed by atoms with Crippen molar-refractivity contribution in [3.05, 3.63) is 36.2 Å². The molecule has 0 bridgehead atoms. The number of aryl methyl sites for hydroxylation is 1. The molecular weight excluding hydrogens is 158 g/mol. The van der Waals surface area contributed by atoms with E-state index in [4.69, 9.17) is 0 Å². The monoisotopic (exact) mass is 177 g/mol. The van der Waals surface area contributed by atoms with E-state index < -0.39 is 0 Å². The van der Waals surface area contributed by atoms with Gasteiger partial charge in [-0.05, 0) is 24.6 Å². The van der Waals surface area contributed by atoms with Gasteiger partial charge in [0.05, 0.1) is 0 Å². The van der Waals surface area contributed by atoms with Crippen LogP contribution in [0, 0.1) is 6.92 Å². The van der Waals surface area contributed by atoms with E-state index >= 15 is 0 Å². The number of aromatic nitrogens is 1. The lowest BCUT2D eigenvalue weighted by atomic mass is 10.2. The molecule has 0 aliphatic carbocycles. The number of hydrogen-bond donors (Lipinski definition) is 0. The zero-order valence-corrected chi connectivity index (χ0v) is 9.09. The van der Waals surface area contributed by atoms with E-state index in [2.05, 4.69) is 30.7 Å². The Balaban J connectivity index is 0.000000671. The molecule has 0 saturated heterocycles. The van der Waals surface area contributed by atoms with E-state index in [9.17, 15) is 0 Å². The summed E-state index contributed by atoms with van der Waals surface area (Å²) in [5.74, 6) is 0. The molecule has 0 unspecified atom stereocenters. The maximum Gasteiger partial charge on any atom is 0.0473 e. The van der Waals surface area contributed by atoms with Gasteiger partial charge in [-0.1, -0.05) is 33.1 Å². The minimum atomic E-state index is 1.14. The first kappa shape index (κ1) is 11.8. The fourth-order valence-corrected chi connectivity index (χ4v) is 1.20. The van der Waals surface area contributed by atoms with E-state index in [1.54, 1.807) is 0 Å². The Kier molecular flexibility index (Phi) is 4.90. The van der Waals surface area contributed by atoms with Crippen LogP contribution in [0.15, 0.2) is 19.2 Å². The summed E-state index contributed by atoms with van der Waals surface area (Å²) in [5.41, 5.74) is 3.52. The van der Waals surface area contributed by atoms with Crippen molar-refractivity contribution in [1.82, 2.24) is 4.57 Å². The Bertz CT molecular complexity index is 292. The predicted molar refractivity (Wildman–Crippen MR) is 61.7 cm³/mol. The zero-order chi connectivity index (χ0) is 10.4. The highest BCUT2D eigenvalue weighted by Gasteiger charge is 2.02. The first-order valence-corrected chi connectivity index (χ1v) is 4.62. The number of nitrogens with zero attached hydrogens (tertiary/aromatic N) is 1. The van der Waals surface area contributed by atoms with Crippen LogP contribution in [0.2, 0.25) is 0 Å². The van der Waals surface area contributed by atoms with Gasteiger partial charge >= 0.3 is 0 Å². The quantitative estimate of drug-likeness (QED) is 0.650. The summed E-state index contributed by atoms with van der Waals surface area (Å²) in [6, 6.07) is 2.10. The first-order chi connectivity index (χ1) is 6.20. The highest BCUT2D eigenvalue weighted by molar-refractivity contribution is 5.62. The largest absolute Gasteiger partial charge is 0.348 e. The van der Waals surface area contributed by atoms with Crippen LogP contribution < -0.4 is 0 Å². The lowest BCUT2D eigenvalue weighted by Crippen LogP contribution is -1.92. The Morgan fingerprint density at radius 2 is 1.77 bits per heavy atom. The van der Waals surface area contributed by atoms with Crippen molar-refractivity contribution in [3.8, 4) is 0 Å². The van der Waals surface area contributed by atoms with Crippen LogP contribution in [0.1, 0.15) is 30.8 Å². The van der Waals surface area contributed by atoms with Gasteiger partial charge in [0.15, 0.2) is 0 Å². The molecule has 0 atom stereocenters. The molecule has 1 nitrogen and oxygen atoms in total. The van der Waals surface area contributed by atoms with Crippen molar-refractivity contribution >= 4 is 12.2 Å². The molecule has 0 fully saturated rings. The van der Waals surface area contributed by atoms with Gasteiger partial charge in [0, 0.05) is 18.4 Å². The summed E-state index contributed by atoms with van der Waals surface area (Å²) in [5, 5.41) is 0. The summed E-state index contributed by atoms with van der Waals surface area (Å²) in [6.45, 7) is 13.5. The highest BCUT2D eigenvalue weighted by atomic mass is 14.9. The molecule has 0 aliphatic rings. The second kappa shape index (κ2) is 5.41. The van der Waals surface area contributed by atoms with E-state index in [-0.39, 0.29) is 0 Å². The SMILES string of the molecule is C=Cc1cc(C)n(C)c1C=C.CC. The van der Waals surface area contributed by atoms with Crippen molar-refractivity contribution < 1.29 is 0 Å². The third-order valence-corrected chi connectivity index (χ3v) is 1.96. The molecule has 1 heterocycles. The molecule has 0 amide bonds. The van der Waals surface area contributed by atoms with Crippen LogP contribution in [0.25, 0.3) is 12.2 Å². The minimum Gasteiger partial charge on any atom is -0.348 e. The van der Waals surface area contributed by atoms with E-state index in [0.29, 0.717) is 0 Å². The van der Waals surface area contributed by atoms with Crippen LogP contribution in [0.5, 0.6) is 0 Å². The maximum absolute atomic E-state index is 3.75. The fourth-order valence-electron chi connectivity index (χ4n) is 1.20. The molecule has 0 N–H and O–H groups in total. The van der Waals surface area contributed by atoms with Crippen LogP contribution >= 0.6 is 0 Å². The van der Waals surface area contributed by atoms with Gasteiger partial charge in [0.25, 0.3) is 0 Å². The molecule has 1 aromatic heterocycles. The van der Waals surface area contributed by atoms with Gasteiger partial charge in [-0.2, -0.15) is 0 Å². The smallest absolute Gasteiger partial charge is 0.0473 e. The second-order valence-corrected chi connectivity index (χ2v) is 2.59. The molecular formula is C12H19N. The third-order valence-electron chi connectivity index (χ3n) is 1.96. The average molecular weight is 177 g/mol. The standard InChI is InChI=1S/C10H13N.C2H6/c1-5-9-7-8(3)11(4)10(9)6-2;1-2/h5-7H,1-2H2,3-4H3;1-2H3. The highest BCUT2D eigenvalue weighted by Crippen LogP contribution is 2.15. The van der Waals surface area contributed by atoms with Gasteiger partial charge < -0.3 is 4.57 Å². The normalized spacial score (nSPS) is 8.62. The molecule has 0 aromatic carbocycles. The lowest BCUT2D eigenvalue weighted by molar-refractivity contribution is 0.871. The molecule has 0 saturated carbocycles. The summed E-state index contributed by atoms with van der Waals surface area (Å²) in [4.78, 5) is 0.